The molecule has 0 radical (unpaired) electrons. The number of hydrogen-bond donors (Lipinski definition) is 0. The highest BCUT2D eigenvalue weighted by atomic mass is 35.5. The van der Waals surface area contributed by atoms with Crippen LogP contribution in [-0.4, -0.2) is 19.2 Å². The van der Waals surface area contributed by atoms with Gasteiger partial charge in [-0.1, -0.05) is 0 Å². The molecule has 3 nitrogen and oxygen atoms in total. The molecular weight excluding hydrogens is 266 g/mol. The number of carbonyl (C=O) groups is 1. The van der Waals surface area contributed by atoms with E-state index in [9.17, 15) is 13.6 Å². The lowest BCUT2D eigenvalue weighted by molar-refractivity contribution is -0.0503. The van der Waals surface area contributed by atoms with Crippen LogP contribution in [0.5, 0.6) is 5.75 Å². The van der Waals surface area contributed by atoms with Gasteiger partial charge in [0, 0.05) is 5.88 Å². The molecule has 0 aliphatic rings. The van der Waals surface area contributed by atoms with Crippen molar-refractivity contribution in [1.82, 2.24) is 0 Å². The summed E-state index contributed by atoms with van der Waals surface area (Å²) in [5.41, 5.74) is 1.09. The predicted molar refractivity (Wildman–Crippen MR) is 63.3 cm³/mol. The number of halogens is 3. The van der Waals surface area contributed by atoms with Gasteiger partial charge in [-0.05, 0) is 37.1 Å². The molecule has 1 aromatic rings. The molecule has 1 rings (SSSR count). The van der Waals surface area contributed by atoms with Gasteiger partial charge in [-0.25, -0.2) is 4.79 Å². The molecule has 0 saturated heterocycles. The van der Waals surface area contributed by atoms with E-state index in [1.807, 2.05) is 0 Å². The van der Waals surface area contributed by atoms with Crippen molar-refractivity contribution in [1.29, 1.82) is 0 Å². The Labute approximate surface area is 109 Å². The Balaban J connectivity index is 3.14. The molecule has 0 bridgehead atoms. The summed E-state index contributed by atoms with van der Waals surface area (Å²) >= 11 is 5.69. The Hall–Kier alpha value is -1.36. The predicted octanol–water partition coefficient (Wildman–Crippen LogP) is 3.51. The number of rotatable bonds is 5. The van der Waals surface area contributed by atoms with Gasteiger partial charge in [0.05, 0.1) is 12.2 Å². The first kappa shape index (κ1) is 14.7. The van der Waals surface area contributed by atoms with Gasteiger partial charge in [0.25, 0.3) is 0 Å². The van der Waals surface area contributed by atoms with Gasteiger partial charge in [-0.2, -0.15) is 8.78 Å². The smallest absolute Gasteiger partial charge is 0.387 e. The number of ether oxygens (including phenoxy) is 2. The first-order chi connectivity index (χ1) is 8.49. The highest BCUT2D eigenvalue weighted by molar-refractivity contribution is 6.17. The van der Waals surface area contributed by atoms with E-state index in [2.05, 4.69) is 4.74 Å². The van der Waals surface area contributed by atoms with Crippen LogP contribution in [0.25, 0.3) is 0 Å². The minimum absolute atomic E-state index is 0.00796. The molecule has 0 amide bonds. The van der Waals surface area contributed by atoms with Crippen LogP contribution < -0.4 is 4.74 Å². The molecule has 0 unspecified atom stereocenters. The zero-order chi connectivity index (χ0) is 13.7. The van der Waals surface area contributed by atoms with Crippen LogP contribution in [0.2, 0.25) is 0 Å². The first-order valence-corrected chi connectivity index (χ1v) is 5.84. The second kappa shape index (κ2) is 6.54. The van der Waals surface area contributed by atoms with E-state index in [4.69, 9.17) is 16.3 Å². The molecule has 0 fully saturated rings. The minimum Gasteiger partial charge on any atom is -0.462 e. The van der Waals surface area contributed by atoms with Gasteiger partial charge in [0.15, 0.2) is 0 Å². The lowest BCUT2D eigenvalue weighted by Crippen LogP contribution is -2.10. The Morgan fingerprint density at radius 2 is 2.11 bits per heavy atom. The fraction of sp³-hybridized carbons (Fsp3) is 0.417. The zero-order valence-corrected chi connectivity index (χ0v) is 10.8. The largest absolute Gasteiger partial charge is 0.462 e. The second-order valence-corrected chi connectivity index (χ2v) is 3.77. The number of alkyl halides is 3. The number of carbonyl (C=O) groups excluding carboxylic acids is 1. The van der Waals surface area contributed by atoms with Crippen LogP contribution in [0.4, 0.5) is 8.78 Å². The van der Waals surface area contributed by atoms with Crippen LogP contribution in [0.3, 0.4) is 0 Å². The Bertz CT molecular complexity index is 436. The molecular formula is C12H13ClF2O3. The Kier molecular flexibility index (Phi) is 5.34. The number of hydrogen-bond acceptors (Lipinski definition) is 3. The fourth-order valence-corrected chi connectivity index (χ4v) is 1.68. The van der Waals surface area contributed by atoms with Crippen molar-refractivity contribution in [3.05, 3.63) is 28.8 Å². The molecule has 0 N–H and O–H groups in total. The monoisotopic (exact) mass is 278 g/mol. The maximum atomic E-state index is 12.2. The normalized spacial score (nSPS) is 10.6. The van der Waals surface area contributed by atoms with E-state index in [0.717, 1.165) is 0 Å². The van der Waals surface area contributed by atoms with Crippen molar-refractivity contribution in [2.24, 2.45) is 0 Å². The van der Waals surface area contributed by atoms with Crippen LogP contribution in [0.15, 0.2) is 12.1 Å². The summed E-state index contributed by atoms with van der Waals surface area (Å²) < 4.78 is 33.5. The van der Waals surface area contributed by atoms with E-state index in [1.54, 1.807) is 13.8 Å². The van der Waals surface area contributed by atoms with E-state index in [-0.39, 0.29) is 23.8 Å². The van der Waals surface area contributed by atoms with Crippen molar-refractivity contribution in [3.8, 4) is 5.75 Å². The quantitative estimate of drug-likeness (QED) is 0.611. The summed E-state index contributed by atoms with van der Waals surface area (Å²) in [5.74, 6) is -0.512. The van der Waals surface area contributed by atoms with Crippen molar-refractivity contribution in [2.75, 3.05) is 6.61 Å². The standard InChI is InChI=1S/C12H13ClF2O3/c1-3-17-11(16)9-4-7(2)10(18-12(14)15)5-8(9)6-13/h4-5,12H,3,6H2,1-2H3. The molecule has 0 spiro atoms. The zero-order valence-electron chi connectivity index (χ0n) is 10.0. The average molecular weight is 279 g/mol. The fourth-order valence-electron chi connectivity index (χ4n) is 1.46. The van der Waals surface area contributed by atoms with Crippen LogP contribution >= 0.6 is 11.6 Å². The Morgan fingerprint density at radius 1 is 1.44 bits per heavy atom. The summed E-state index contributed by atoms with van der Waals surface area (Å²) in [6, 6.07) is 2.77. The van der Waals surface area contributed by atoms with Gasteiger partial charge < -0.3 is 9.47 Å². The van der Waals surface area contributed by atoms with Gasteiger partial charge in [0.1, 0.15) is 5.75 Å². The van der Waals surface area contributed by atoms with Crippen molar-refractivity contribution in [3.63, 3.8) is 0 Å². The average Bonchev–Trinajstić information content (AvgIpc) is 2.31. The minimum atomic E-state index is -2.92. The number of esters is 1. The maximum absolute atomic E-state index is 12.2. The van der Waals surface area contributed by atoms with E-state index in [0.29, 0.717) is 11.1 Å². The molecule has 1 aromatic carbocycles. The van der Waals surface area contributed by atoms with Gasteiger partial charge in [0.2, 0.25) is 0 Å². The lowest BCUT2D eigenvalue weighted by Gasteiger charge is -2.12. The molecule has 0 atom stereocenters. The van der Waals surface area contributed by atoms with Gasteiger partial charge in [-0.15, -0.1) is 11.6 Å². The number of benzene rings is 1. The third-order valence-corrected chi connectivity index (χ3v) is 2.54. The SMILES string of the molecule is CCOC(=O)c1cc(C)c(OC(F)F)cc1CCl. The van der Waals surface area contributed by atoms with Crippen molar-refractivity contribution in [2.45, 2.75) is 26.3 Å². The highest BCUT2D eigenvalue weighted by Gasteiger charge is 2.17. The molecule has 18 heavy (non-hydrogen) atoms. The lowest BCUT2D eigenvalue weighted by atomic mass is 10.0. The summed E-state index contributed by atoms with van der Waals surface area (Å²) in [5, 5.41) is 0. The summed E-state index contributed by atoms with van der Waals surface area (Å²) in [7, 11) is 0. The van der Waals surface area contributed by atoms with E-state index < -0.39 is 12.6 Å². The highest BCUT2D eigenvalue weighted by Crippen LogP contribution is 2.26. The number of aryl methyl sites for hydroxylation is 1. The molecule has 100 valence electrons. The first-order valence-electron chi connectivity index (χ1n) is 5.31. The second-order valence-electron chi connectivity index (χ2n) is 3.51. The van der Waals surface area contributed by atoms with Crippen molar-refractivity contribution >= 4 is 17.6 Å². The van der Waals surface area contributed by atoms with E-state index >= 15 is 0 Å². The summed E-state index contributed by atoms with van der Waals surface area (Å²) in [4.78, 5) is 11.6. The summed E-state index contributed by atoms with van der Waals surface area (Å²) in [6.07, 6.45) is 0. The third kappa shape index (κ3) is 3.57. The molecule has 0 heterocycles. The van der Waals surface area contributed by atoms with Gasteiger partial charge >= 0.3 is 12.6 Å². The maximum Gasteiger partial charge on any atom is 0.387 e. The molecule has 0 aliphatic heterocycles. The molecule has 0 aliphatic carbocycles. The topological polar surface area (TPSA) is 35.5 Å². The van der Waals surface area contributed by atoms with E-state index in [1.165, 1.54) is 12.1 Å². The molecule has 6 heteroatoms. The summed E-state index contributed by atoms with van der Waals surface area (Å²) in [6.45, 7) is 0.563. The van der Waals surface area contributed by atoms with Crippen molar-refractivity contribution < 1.29 is 23.0 Å². The van der Waals surface area contributed by atoms with Gasteiger partial charge in [-0.3, -0.25) is 0 Å². The van der Waals surface area contributed by atoms with Crippen LogP contribution in [0, 0.1) is 6.92 Å². The molecule has 0 aromatic heterocycles. The van der Waals surface area contributed by atoms with Crippen LogP contribution in [-0.2, 0) is 10.6 Å². The third-order valence-electron chi connectivity index (χ3n) is 2.26. The Morgan fingerprint density at radius 3 is 2.61 bits per heavy atom. The van der Waals surface area contributed by atoms with Crippen LogP contribution in [0.1, 0.15) is 28.4 Å². The molecule has 0 saturated carbocycles.